The highest BCUT2D eigenvalue weighted by Crippen LogP contribution is 2.34. The third-order valence-electron chi connectivity index (χ3n) is 5.90. The fraction of sp³-hybridized carbons (Fsp3) is 0.185. The van der Waals surface area contributed by atoms with Crippen molar-refractivity contribution in [3.8, 4) is 22.8 Å². The van der Waals surface area contributed by atoms with Gasteiger partial charge in [0.2, 0.25) is 0 Å². The third-order valence-corrected chi connectivity index (χ3v) is 5.90. The number of hydrogen-bond acceptors (Lipinski definition) is 10. The largest absolute Gasteiger partial charge is 0.493 e. The molecule has 0 unspecified atom stereocenters. The zero-order valence-electron chi connectivity index (χ0n) is 22.1. The molecular weight excluding hydrogens is 538 g/mol. The van der Waals surface area contributed by atoms with Gasteiger partial charge in [0.25, 0.3) is 11.6 Å². The van der Waals surface area contributed by atoms with Gasteiger partial charge in [-0.3, -0.25) is 14.9 Å². The number of hydrogen-bond donors (Lipinski definition) is 3. The van der Waals surface area contributed by atoms with Crippen molar-refractivity contribution in [1.82, 2.24) is 16.1 Å². The van der Waals surface area contributed by atoms with E-state index in [2.05, 4.69) is 21.2 Å². The summed E-state index contributed by atoms with van der Waals surface area (Å²) in [7, 11) is 2.65. The maximum Gasteiger partial charge on any atom is 0.337 e. The highest BCUT2D eigenvalue weighted by molar-refractivity contribution is 5.95. The molecule has 1 atom stereocenters. The molecule has 1 aliphatic heterocycles. The lowest BCUT2D eigenvalue weighted by atomic mass is 9.95. The van der Waals surface area contributed by atoms with Gasteiger partial charge in [0.15, 0.2) is 18.1 Å². The number of ether oxygens (including phenoxy) is 3. The van der Waals surface area contributed by atoms with Gasteiger partial charge in [0.1, 0.15) is 11.5 Å². The molecule has 0 fully saturated rings. The summed E-state index contributed by atoms with van der Waals surface area (Å²) in [4.78, 5) is 47.1. The number of nitrogens with zero attached hydrogens (tertiary/aromatic N) is 2. The van der Waals surface area contributed by atoms with Gasteiger partial charge in [-0.1, -0.05) is 18.2 Å². The summed E-state index contributed by atoms with van der Waals surface area (Å²) in [5, 5.41) is 20.1. The van der Waals surface area contributed by atoms with Crippen molar-refractivity contribution in [1.29, 1.82) is 0 Å². The number of carbonyl (C=O) groups is 3. The average molecular weight is 564 g/mol. The number of amides is 3. The number of methoxy groups -OCH3 is 2. The number of carbonyl (C=O) groups excluding carboxylic acids is 3. The summed E-state index contributed by atoms with van der Waals surface area (Å²) < 4.78 is 21.4. The predicted octanol–water partition coefficient (Wildman–Crippen LogP) is 3.19. The average Bonchev–Trinajstić information content (AvgIpc) is 3.44. The van der Waals surface area contributed by atoms with Crippen LogP contribution in [0.15, 0.2) is 75.4 Å². The van der Waals surface area contributed by atoms with Crippen LogP contribution in [0.3, 0.4) is 0 Å². The highest BCUT2D eigenvalue weighted by Gasteiger charge is 2.32. The van der Waals surface area contributed by atoms with Crippen LogP contribution in [0.1, 0.15) is 24.3 Å². The highest BCUT2D eigenvalue weighted by atomic mass is 16.6. The Morgan fingerprint density at radius 2 is 1.95 bits per heavy atom. The summed E-state index contributed by atoms with van der Waals surface area (Å²) in [5.74, 6) is 0.0296. The second kappa shape index (κ2) is 12.5. The van der Waals surface area contributed by atoms with E-state index in [1.165, 1.54) is 32.6 Å². The Hall–Kier alpha value is -5.66. The molecule has 1 aromatic heterocycles. The fourth-order valence-electron chi connectivity index (χ4n) is 4.00. The summed E-state index contributed by atoms with van der Waals surface area (Å²) in [5.41, 5.74) is 3.88. The van der Waals surface area contributed by atoms with Crippen molar-refractivity contribution < 1.29 is 37.9 Å². The lowest BCUT2D eigenvalue weighted by Crippen LogP contribution is -2.45. The molecule has 0 saturated carbocycles. The standard InChI is InChI=1S/C27H25N5O9/c1-15-24(26(34)39-3)25(30-27(35)29-15)17-7-9-21(22(12-17)38-2)40-14-23(33)31-28-13-19-8-10-20(41-19)16-5-4-6-18(11-16)32(36)37/h4-13,25H,14H2,1-3H3,(H,31,33)(H2,29,30,35)/b28-13-/t25-/m0/s1. The first-order valence-electron chi connectivity index (χ1n) is 12.0. The van der Waals surface area contributed by atoms with Crippen molar-refractivity contribution in [2.45, 2.75) is 13.0 Å². The first-order valence-corrected chi connectivity index (χ1v) is 12.0. The molecule has 212 valence electrons. The van der Waals surface area contributed by atoms with Crippen LogP contribution in [-0.2, 0) is 14.3 Å². The van der Waals surface area contributed by atoms with Crippen molar-refractivity contribution in [2.75, 3.05) is 20.8 Å². The van der Waals surface area contributed by atoms with Crippen LogP contribution in [0.4, 0.5) is 10.5 Å². The van der Waals surface area contributed by atoms with Crippen LogP contribution in [0.5, 0.6) is 11.5 Å². The molecule has 3 amide bonds. The number of benzene rings is 2. The van der Waals surface area contributed by atoms with E-state index in [0.29, 0.717) is 28.3 Å². The molecule has 4 rings (SSSR count). The molecule has 1 aliphatic rings. The van der Waals surface area contributed by atoms with Gasteiger partial charge in [-0.05, 0) is 36.8 Å². The Balaban J connectivity index is 1.37. The molecular formula is C27H25N5O9. The SMILES string of the molecule is COC(=O)C1=C(C)NC(=O)N[C@H]1c1ccc(OCC(=O)N/N=C\c2ccc(-c3cccc([N+](=O)[O-])c3)o2)c(OC)c1. The van der Waals surface area contributed by atoms with Crippen LogP contribution in [-0.4, -0.2) is 49.9 Å². The van der Waals surface area contributed by atoms with E-state index >= 15 is 0 Å². The lowest BCUT2D eigenvalue weighted by molar-refractivity contribution is -0.384. The molecule has 0 bridgehead atoms. The molecule has 2 heterocycles. The minimum Gasteiger partial charge on any atom is -0.493 e. The van der Waals surface area contributed by atoms with Gasteiger partial charge >= 0.3 is 12.0 Å². The van der Waals surface area contributed by atoms with Gasteiger partial charge in [0.05, 0.1) is 37.0 Å². The van der Waals surface area contributed by atoms with Crippen molar-refractivity contribution in [3.63, 3.8) is 0 Å². The fourth-order valence-corrected chi connectivity index (χ4v) is 4.00. The van der Waals surface area contributed by atoms with Gasteiger partial charge in [-0.15, -0.1) is 0 Å². The number of nitrogens with one attached hydrogen (secondary N) is 3. The van der Waals surface area contributed by atoms with Gasteiger partial charge in [-0.25, -0.2) is 15.0 Å². The van der Waals surface area contributed by atoms with E-state index < -0.39 is 35.5 Å². The molecule has 3 N–H and O–H groups in total. The summed E-state index contributed by atoms with van der Waals surface area (Å²) in [6.45, 7) is 1.19. The molecule has 14 nitrogen and oxygen atoms in total. The Bertz CT molecular complexity index is 1560. The second-order valence-corrected chi connectivity index (χ2v) is 8.56. The topological polar surface area (TPSA) is 184 Å². The number of rotatable bonds is 10. The zero-order chi connectivity index (χ0) is 29.5. The van der Waals surface area contributed by atoms with Crippen molar-refractivity contribution in [3.05, 3.63) is 87.3 Å². The number of urea groups is 1. The number of hydrazone groups is 1. The minimum absolute atomic E-state index is 0.0661. The van der Waals surface area contributed by atoms with Gasteiger partial charge in [-0.2, -0.15) is 5.10 Å². The van der Waals surface area contributed by atoms with Crippen LogP contribution >= 0.6 is 0 Å². The maximum atomic E-state index is 12.3. The van der Waals surface area contributed by atoms with E-state index in [1.807, 2.05) is 0 Å². The summed E-state index contributed by atoms with van der Waals surface area (Å²) in [6, 6.07) is 12.7. The number of furan rings is 1. The second-order valence-electron chi connectivity index (χ2n) is 8.56. The first kappa shape index (κ1) is 28.4. The van der Waals surface area contributed by atoms with Crippen molar-refractivity contribution in [2.24, 2.45) is 5.10 Å². The Kier molecular flexibility index (Phi) is 8.62. The summed E-state index contributed by atoms with van der Waals surface area (Å²) >= 11 is 0. The molecule has 3 aromatic rings. The molecule has 14 heteroatoms. The normalized spacial score (nSPS) is 14.7. The predicted molar refractivity (Wildman–Crippen MR) is 144 cm³/mol. The molecule has 0 radical (unpaired) electrons. The molecule has 0 aliphatic carbocycles. The van der Waals surface area contributed by atoms with E-state index in [4.69, 9.17) is 18.6 Å². The Morgan fingerprint density at radius 1 is 1.15 bits per heavy atom. The Labute approximate surface area is 233 Å². The summed E-state index contributed by atoms with van der Waals surface area (Å²) in [6.07, 6.45) is 1.27. The smallest absolute Gasteiger partial charge is 0.337 e. The quantitative estimate of drug-likeness (QED) is 0.144. The lowest BCUT2D eigenvalue weighted by Gasteiger charge is -2.28. The van der Waals surface area contributed by atoms with E-state index in [9.17, 15) is 24.5 Å². The maximum absolute atomic E-state index is 12.3. The van der Waals surface area contributed by atoms with E-state index in [1.54, 1.807) is 49.4 Å². The number of nitro groups is 1. The molecule has 0 saturated heterocycles. The van der Waals surface area contributed by atoms with Crippen LogP contribution in [0, 0.1) is 10.1 Å². The number of esters is 1. The van der Waals surface area contributed by atoms with Crippen LogP contribution in [0.25, 0.3) is 11.3 Å². The van der Waals surface area contributed by atoms with Gasteiger partial charge < -0.3 is 29.3 Å². The monoisotopic (exact) mass is 563 g/mol. The minimum atomic E-state index is -0.795. The zero-order valence-corrected chi connectivity index (χ0v) is 22.1. The molecule has 41 heavy (non-hydrogen) atoms. The number of non-ortho nitro benzene ring substituents is 1. The van der Waals surface area contributed by atoms with E-state index in [0.717, 1.165) is 0 Å². The third kappa shape index (κ3) is 6.68. The molecule has 2 aromatic carbocycles. The first-order chi connectivity index (χ1) is 19.7. The van der Waals surface area contributed by atoms with E-state index in [-0.39, 0.29) is 22.8 Å². The number of nitro benzene ring substituents is 1. The number of allylic oxidation sites excluding steroid dienone is 1. The van der Waals surface area contributed by atoms with Crippen molar-refractivity contribution >= 4 is 29.8 Å². The van der Waals surface area contributed by atoms with Crippen LogP contribution < -0.4 is 25.5 Å². The van der Waals surface area contributed by atoms with Crippen LogP contribution in [0.2, 0.25) is 0 Å². The Morgan fingerprint density at radius 3 is 2.68 bits per heavy atom. The molecule has 0 spiro atoms. The van der Waals surface area contributed by atoms with Gasteiger partial charge in [0, 0.05) is 23.4 Å².